The van der Waals surface area contributed by atoms with Gasteiger partial charge in [0, 0.05) is 7.05 Å². The maximum atomic E-state index is 11.2. The van der Waals surface area contributed by atoms with Crippen molar-refractivity contribution in [1.29, 1.82) is 5.26 Å². The Balaban J connectivity index is 0.000000280. The van der Waals surface area contributed by atoms with E-state index in [2.05, 4.69) is 15.8 Å². The number of methoxy groups -OCH3 is 1. The number of nitriles is 1. The number of benzene rings is 1. The first kappa shape index (κ1) is 22.4. The number of nitrogen functional groups attached to an aromatic ring is 1. The minimum atomic E-state index is -0.0577. The van der Waals surface area contributed by atoms with E-state index in [1.165, 1.54) is 6.07 Å². The molecule has 1 heterocycles. The lowest BCUT2D eigenvalue weighted by Crippen LogP contribution is -2.35. The van der Waals surface area contributed by atoms with Crippen molar-refractivity contribution < 1.29 is 19.1 Å². The van der Waals surface area contributed by atoms with Gasteiger partial charge in [-0.2, -0.15) is 5.26 Å². The van der Waals surface area contributed by atoms with Gasteiger partial charge in [-0.05, 0) is 30.7 Å². The fourth-order valence-corrected chi connectivity index (χ4v) is 2.09. The summed E-state index contributed by atoms with van der Waals surface area (Å²) in [6.07, 6.45) is 0.921. The van der Waals surface area contributed by atoms with E-state index in [4.69, 9.17) is 20.5 Å². The summed E-state index contributed by atoms with van der Waals surface area (Å²) in [4.78, 5) is 25.4. The van der Waals surface area contributed by atoms with Crippen molar-refractivity contribution in [3.8, 4) is 17.7 Å². The van der Waals surface area contributed by atoms with Gasteiger partial charge >= 0.3 is 0 Å². The molecular formula is C19H23N5O4. The van der Waals surface area contributed by atoms with Crippen molar-refractivity contribution in [1.82, 2.24) is 15.8 Å². The van der Waals surface area contributed by atoms with Crippen molar-refractivity contribution in [2.24, 2.45) is 0 Å². The summed E-state index contributed by atoms with van der Waals surface area (Å²) in [5.74, 6) is 0.845. The second kappa shape index (κ2) is 11.9. The molecule has 0 saturated carbocycles. The topological polar surface area (TPSA) is 139 Å². The van der Waals surface area contributed by atoms with Crippen LogP contribution in [0.2, 0.25) is 0 Å². The van der Waals surface area contributed by atoms with Crippen LogP contribution in [0, 0.1) is 11.3 Å². The molecule has 0 atom stereocenters. The number of carbonyl (C=O) groups excluding carboxylic acids is 2. The summed E-state index contributed by atoms with van der Waals surface area (Å²) < 4.78 is 10.1. The molecule has 1 amide bonds. The summed E-state index contributed by atoms with van der Waals surface area (Å²) in [7, 11) is 3.27. The molecule has 4 N–H and O–H groups in total. The number of nitrogens with one attached hydrogen (secondary N) is 2. The van der Waals surface area contributed by atoms with E-state index in [0.29, 0.717) is 19.3 Å². The largest absolute Gasteiger partial charge is 0.497 e. The Morgan fingerprint density at radius 1 is 1.36 bits per heavy atom. The molecule has 28 heavy (non-hydrogen) atoms. The van der Waals surface area contributed by atoms with Crippen LogP contribution in [-0.2, 0) is 11.2 Å². The molecule has 9 heteroatoms. The van der Waals surface area contributed by atoms with Crippen LogP contribution in [0.1, 0.15) is 28.5 Å². The van der Waals surface area contributed by atoms with Crippen LogP contribution in [0.5, 0.6) is 11.6 Å². The van der Waals surface area contributed by atoms with Crippen molar-refractivity contribution in [2.45, 2.75) is 13.3 Å². The highest BCUT2D eigenvalue weighted by Gasteiger charge is 2.10. The van der Waals surface area contributed by atoms with Crippen molar-refractivity contribution >= 4 is 17.9 Å². The van der Waals surface area contributed by atoms with Crippen molar-refractivity contribution in [2.75, 3.05) is 26.5 Å². The number of nitrogens with zero attached hydrogens (tertiary/aromatic N) is 2. The third-order valence-electron chi connectivity index (χ3n) is 3.34. The quantitative estimate of drug-likeness (QED) is 0.478. The normalized spacial score (nSPS) is 9.36. The fraction of sp³-hybridized carbons (Fsp3) is 0.263. The average Bonchev–Trinajstić information content (AvgIpc) is 2.69. The van der Waals surface area contributed by atoms with E-state index in [1.807, 2.05) is 30.3 Å². The van der Waals surface area contributed by atoms with Gasteiger partial charge in [-0.15, -0.1) is 0 Å². The van der Waals surface area contributed by atoms with Crippen LogP contribution in [0.3, 0.4) is 0 Å². The van der Waals surface area contributed by atoms with Gasteiger partial charge in [0.25, 0.3) is 0 Å². The number of aldehydes is 1. The molecule has 0 aliphatic carbocycles. The van der Waals surface area contributed by atoms with Gasteiger partial charge in [-0.3, -0.25) is 15.0 Å². The first-order valence-electron chi connectivity index (χ1n) is 8.36. The Kier molecular flexibility index (Phi) is 9.50. The number of rotatable bonds is 7. The fourth-order valence-electron chi connectivity index (χ4n) is 2.09. The van der Waals surface area contributed by atoms with Gasteiger partial charge in [0.05, 0.1) is 25.8 Å². The Bertz CT molecular complexity index is 831. The second-order valence-corrected chi connectivity index (χ2v) is 5.30. The molecule has 9 nitrogen and oxygen atoms in total. The van der Waals surface area contributed by atoms with Crippen molar-refractivity contribution in [3.63, 3.8) is 0 Å². The smallest absolute Gasteiger partial charge is 0.238 e. The number of pyridine rings is 1. The van der Waals surface area contributed by atoms with Gasteiger partial charge in [0.1, 0.15) is 23.1 Å². The van der Waals surface area contributed by atoms with Crippen LogP contribution in [-0.4, -0.2) is 37.9 Å². The molecule has 0 aliphatic rings. The molecule has 0 aliphatic heterocycles. The molecule has 0 spiro atoms. The molecule has 2 rings (SSSR count). The molecule has 0 fully saturated rings. The zero-order valence-electron chi connectivity index (χ0n) is 16.0. The highest BCUT2D eigenvalue weighted by molar-refractivity contribution is 5.78. The van der Waals surface area contributed by atoms with E-state index in [1.54, 1.807) is 21.1 Å². The lowest BCUT2D eigenvalue weighted by atomic mass is 10.1. The number of anilines is 1. The molecular weight excluding hydrogens is 362 g/mol. The van der Waals surface area contributed by atoms with Gasteiger partial charge < -0.3 is 15.2 Å². The number of carbonyl (C=O) groups is 2. The molecule has 1 aromatic heterocycles. The number of ether oxygens (including phenoxy) is 2. The highest BCUT2D eigenvalue weighted by Crippen LogP contribution is 2.21. The zero-order valence-corrected chi connectivity index (χ0v) is 16.0. The third kappa shape index (κ3) is 6.93. The van der Waals surface area contributed by atoms with Crippen LogP contribution >= 0.6 is 0 Å². The first-order valence-corrected chi connectivity index (χ1v) is 8.36. The minimum absolute atomic E-state index is 0.0577. The average molecular weight is 385 g/mol. The predicted molar refractivity (Wildman–Crippen MR) is 104 cm³/mol. The lowest BCUT2D eigenvalue weighted by molar-refractivity contribution is -0.121. The summed E-state index contributed by atoms with van der Waals surface area (Å²) in [6, 6.07) is 10.6. The van der Waals surface area contributed by atoms with E-state index in [0.717, 1.165) is 11.3 Å². The van der Waals surface area contributed by atoms with Crippen LogP contribution < -0.4 is 26.1 Å². The monoisotopic (exact) mass is 385 g/mol. The molecule has 2 aromatic rings. The van der Waals surface area contributed by atoms with Gasteiger partial charge in [-0.1, -0.05) is 12.1 Å². The van der Waals surface area contributed by atoms with Gasteiger partial charge in [0.2, 0.25) is 11.8 Å². The summed E-state index contributed by atoms with van der Waals surface area (Å²) in [6.45, 7) is 2.12. The zero-order chi connectivity index (χ0) is 20.9. The molecule has 1 aromatic carbocycles. The van der Waals surface area contributed by atoms with Crippen LogP contribution in [0.4, 0.5) is 5.69 Å². The molecule has 148 valence electrons. The van der Waals surface area contributed by atoms with Gasteiger partial charge in [-0.25, -0.2) is 10.4 Å². The van der Waals surface area contributed by atoms with Crippen molar-refractivity contribution in [3.05, 3.63) is 47.2 Å². The number of amides is 1. The number of hydrogen-bond acceptors (Lipinski definition) is 8. The number of aromatic nitrogens is 1. The minimum Gasteiger partial charge on any atom is -0.497 e. The molecule has 0 saturated heterocycles. The molecule has 0 unspecified atom stereocenters. The first-order chi connectivity index (χ1) is 13.5. The van der Waals surface area contributed by atoms with E-state index in [9.17, 15) is 9.59 Å². The maximum absolute atomic E-state index is 11.2. The Hall–Kier alpha value is -3.64. The van der Waals surface area contributed by atoms with Crippen LogP contribution in [0.15, 0.2) is 30.3 Å². The van der Waals surface area contributed by atoms with E-state index >= 15 is 0 Å². The summed E-state index contributed by atoms with van der Waals surface area (Å²) >= 11 is 0. The predicted octanol–water partition coefficient (Wildman–Crippen LogP) is 1.23. The number of nitrogens with two attached hydrogens (primary N) is 1. The highest BCUT2D eigenvalue weighted by atomic mass is 16.5. The third-order valence-corrected chi connectivity index (χ3v) is 3.34. The molecule has 0 radical (unpaired) electrons. The number of hydrogen-bond donors (Lipinski definition) is 3. The summed E-state index contributed by atoms with van der Waals surface area (Å²) in [5, 5.41) is 8.75. The SMILES string of the molecule is CCOc1nc(C=O)cc(N)c1C#N.CNNC(=O)Cc1ccc(OC)cc1. The maximum Gasteiger partial charge on any atom is 0.238 e. The standard InChI is InChI=1S/C10H14N2O2.C9H9N3O2/c1-11-12-10(13)7-8-3-5-9(14-2)6-4-8;1-2-14-9-7(4-10)8(11)3-6(5-13)12-9/h3-6,11H,7H2,1-2H3,(H,12,13);3,5H,2H2,1H3,(H2,11,12). The molecule has 0 bridgehead atoms. The van der Waals surface area contributed by atoms with E-state index in [-0.39, 0.29) is 28.7 Å². The Labute approximate surface area is 163 Å². The van der Waals surface area contributed by atoms with Gasteiger partial charge in [0.15, 0.2) is 6.29 Å². The van der Waals surface area contributed by atoms with E-state index < -0.39 is 0 Å². The Morgan fingerprint density at radius 3 is 2.54 bits per heavy atom. The second-order valence-electron chi connectivity index (χ2n) is 5.30. The van der Waals surface area contributed by atoms with Crippen LogP contribution in [0.25, 0.3) is 0 Å². The Morgan fingerprint density at radius 2 is 2.04 bits per heavy atom. The lowest BCUT2D eigenvalue weighted by Gasteiger charge is -2.06. The number of hydrazine groups is 1. The summed E-state index contributed by atoms with van der Waals surface area (Å²) in [5.41, 5.74) is 12.1.